The molecular weight excluding hydrogens is 320 g/mol. The number of fused-ring (bicyclic) bond motifs is 2. The molecule has 2 aliphatic rings. The van der Waals surface area contributed by atoms with Gasteiger partial charge in [0.1, 0.15) is 5.52 Å². The van der Waals surface area contributed by atoms with Crippen molar-refractivity contribution in [2.45, 2.75) is 37.8 Å². The van der Waals surface area contributed by atoms with E-state index in [9.17, 15) is 4.79 Å². The number of benzene rings is 1. The first-order chi connectivity index (χ1) is 12.1. The van der Waals surface area contributed by atoms with Gasteiger partial charge in [-0.05, 0) is 43.9 Å². The van der Waals surface area contributed by atoms with Gasteiger partial charge in [-0.1, -0.05) is 0 Å². The number of hydrogen-bond donors (Lipinski definition) is 2. The second-order valence-corrected chi connectivity index (χ2v) is 7.07. The van der Waals surface area contributed by atoms with Crippen molar-refractivity contribution in [3.05, 3.63) is 18.2 Å². The van der Waals surface area contributed by atoms with Crippen LogP contribution in [0.25, 0.3) is 11.1 Å². The van der Waals surface area contributed by atoms with E-state index in [1.165, 1.54) is 0 Å². The van der Waals surface area contributed by atoms with E-state index < -0.39 is 0 Å². The van der Waals surface area contributed by atoms with Crippen LogP contribution in [0, 0.1) is 5.92 Å². The zero-order valence-electron chi connectivity index (χ0n) is 14.6. The van der Waals surface area contributed by atoms with E-state index in [1.54, 1.807) is 0 Å². The van der Waals surface area contributed by atoms with Crippen molar-refractivity contribution < 1.29 is 13.9 Å². The number of amides is 2. The van der Waals surface area contributed by atoms with Gasteiger partial charge in [-0.25, -0.2) is 4.79 Å². The van der Waals surface area contributed by atoms with Crippen molar-refractivity contribution in [2.24, 2.45) is 5.92 Å². The van der Waals surface area contributed by atoms with E-state index in [-0.39, 0.29) is 12.1 Å². The molecule has 1 aromatic carbocycles. The SMILES string of the molecule is CN(C)c1nc2cc(NC(=O)NC3CCCC4OCCC34)ccc2o1. The third-order valence-electron chi connectivity index (χ3n) is 5.11. The lowest BCUT2D eigenvalue weighted by Gasteiger charge is -2.33. The minimum Gasteiger partial charge on any atom is -0.423 e. The van der Waals surface area contributed by atoms with E-state index >= 15 is 0 Å². The molecule has 2 N–H and O–H groups in total. The number of ether oxygens (including phenoxy) is 1. The average Bonchev–Trinajstić information content (AvgIpc) is 3.21. The standard InChI is InChI=1S/C18H24N4O3/c1-22(2)18-21-14-10-11(6-7-16(14)25-18)19-17(23)20-13-4-3-5-15-12(13)8-9-24-15/h6-7,10,12-13,15H,3-5,8-9H2,1-2H3,(H2,19,20,23). The van der Waals surface area contributed by atoms with Gasteiger partial charge in [0, 0.05) is 38.3 Å². The predicted molar refractivity (Wildman–Crippen MR) is 96.0 cm³/mol. The predicted octanol–water partition coefficient (Wildman–Crippen LogP) is 2.97. The fourth-order valence-corrected chi connectivity index (χ4v) is 3.87. The summed E-state index contributed by atoms with van der Waals surface area (Å²) in [4.78, 5) is 18.6. The summed E-state index contributed by atoms with van der Waals surface area (Å²) in [5.41, 5.74) is 2.13. The van der Waals surface area contributed by atoms with Gasteiger partial charge >= 0.3 is 6.03 Å². The molecule has 1 aromatic heterocycles. The maximum Gasteiger partial charge on any atom is 0.319 e. The highest BCUT2D eigenvalue weighted by atomic mass is 16.5. The van der Waals surface area contributed by atoms with Crippen LogP contribution in [0.5, 0.6) is 0 Å². The van der Waals surface area contributed by atoms with E-state index in [4.69, 9.17) is 9.15 Å². The van der Waals surface area contributed by atoms with Crippen LogP contribution in [0.15, 0.2) is 22.6 Å². The summed E-state index contributed by atoms with van der Waals surface area (Å²) >= 11 is 0. The van der Waals surface area contributed by atoms with Crippen molar-refractivity contribution in [1.82, 2.24) is 10.3 Å². The molecule has 3 unspecified atom stereocenters. The second kappa shape index (κ2) is 6.55. The number of nitrogens with one attached hydrogen (secondary N) is 2. The molecule has 3 atom stereocenters. The van der Waals surface area contributed by atoms with E-state index in [0.717, 1.165) is 37.8 Å². The van der Waals surface area contributed by atoms with Crippen LogP contribution in [0.4, 0.5) is 16.5 Å². The topological polar surface area (TPSA) is 79.6 Å². The zero-order valence-corrected chi connectivity index (χ0v) is 14.6. The van der Waals surface area contributed by atoms with Gasteiger partial charge in [-0.3, -0.25) is 0 Å². The minimum atomic E-state index is -0.173. The number of rotatable bonds is 3. The molecule has 2 heterocycles. The summed E-state index contributed by atoms with van der Waals surface area (Å²) in [6.45, 7) is 0.812. The Labute approximate surface area is 146 Å². The van der Waals surface area contributed by atoms with Gasteiger partial charge in [0.15, 0.2) is 5.58 Å². The number of urea groups is 1. The molecule has 1 saturated heterocycles. The van der Waals surface area contributed by atoms with Crippen LogP contribution in [-0.2, 0) is 4.74 Å². The average molecular weight is 344 g/mol. The number of anilines is 2. The summed E-state index contributed by atoms with van der Waals surface area (Å²) in [5.74, 6) is 0.445. The first-order valence-electron chi connectivity index (χ1n) is 8.87. The van der Waals surface area contributed by atoms with E-state index in [2.05, 4.69) is 15.6 Å². The van der Waals surface area contributed by atoms with Crippen molar-refractivity contribution in [3.63, 3.8) is 0 Å². The Hall–Kier alpha value is -2.28. The highest BCUT2D eigenvalue weighted by Crippen LogP contribution is 2.34. The first-order valence-corrected chi connectivity index (χ1v) is 8.87. The highest BCUT2D eigenvalue weighted by molar-refractivity contribution is 5.92. The third-order valence-corrected chi connectivity index (χ3v) is 5.11. The molecule has 4 rings (SSSR count). The van der Waals surface area contributed by atoms with Crippen LogP contribution in [0.1, 0.15) is 25.7 Å². The Bertz CT molecular complexity index is 773. The van der Waals surface area contributed by atoms with Crippen molar-refractivity contribution >= 4 is 28.8 Å². The van der Waals surface area contributed by atoms with Crippen LogP contribution in [0.3, 0.4) is 0 Å². The fourth-order valence-electron chi connectivity index (χ4n) is 3.87. The lowest BCUT2D eigenvalue weighted by molar-refractivity contribution is 0.0553. The number of carbonyl (C=O) groups excluding carboxylic acids is 1. The molecule has 1 aliphatic heterocycles. The molecule has 25 heavy (non-hydrogen) atoms. The Balaban J connectivity index is 1.42. The van der Waals surface area contributed by atoms with Crippen molar-refractivity contribution in [3.8, 4) is 0 Å². The molecule has 7 nitrogen and oxygen atoms in total. The van der Waals surface area contributed by atoms with Crippen LogP contribution >= 0.6 is 0 Å². The Morgan fingerprint density at radius 1 is 1.28 bits per heavy atom. The van der Waals surface area contributed by atoms with Gasteiger partial charge < -0.3 is 24.7 Å². The number of oxazole rings is 1. The van der Waals surface area contributed by atoms with Crippen LogP contribution < -0.4 is 15.5 Å². The van der Waals surface area contributed by atoms with Crippen molar-refractivity contribution in [2.75, 3.05) is 30.9 Å². The number of aromatic nitrogens is 1. The summed E-state index contributed by atoms with van der Waals surface area (Å²) < 4.78 is 11.4. The van der Waals surface area contributed by atoms with E-state index in [0.29, 0.717) is 29.3 Å². The third kappa shape index (κ3) is 3.28. The number of nitrogens with zero attached hydrogens (tertiary/aromatic N) is 2. The molecule has 134 valence electrons. The smallest absolute Gasteiger partial charge is 0.319 e. The van der Waals surface area contributed by atoms with Crippen LogP contribution in [0.2, 0.25) is 0 Å². The Morgan fingerprint density at radius 3 is 3.00 bits per heavy atom. The lowest BCUT2D eigenvalue weighted by atomic mass is 9.82. The molecule has 2 aromatic rings. The molecule has 1 saturated carbocycles. The quantitative estimate of drug-likeness (QED) is 0.895. The lowest BCUT2D eigenvalue weighted by Crippen LogP contribution is -2.47. The monoisotopic (exact) mass is 344 g/mol. The first kappa shape index (κ1) is 16.2. The Kier molecular flexibility index (Phi) is 4.25. The van der Waals surface area contributed by atoms with Gasteiger partial charge in [-0.15, -0.1) is 0 Å². The number of hydrogen-bond acceptors (Lipinski definition) is 5. The van der Waals surface area contributed by atoms with Gasteiger partial charge in [-0.2, -0.15) is 4.98 Å². The van der Waals surface area contributed by atoms with Crippen molar-refractivity contribution in [1.29, 1.82) is 0 Å². The maximum absolute atomic E-state index is 12.4. The van der Waals surface area contributed by atoms with Crippen LogP contribution in [-0.4, -0.2) is 43.9 Å². The molecule has 1 aliphatic carbocycles. The summed E-state index contributed by atoms with van der Waals surface area (Å²) in [5, 5.41) is 6.04. The minimum absolute atomic E-state index is 0.173. The molecule has 0 bridgehead atoms. The molecule has 0 spiro atoms. The zero-order chi connectivity index (χ0) is 17.4. The normalized spacial score (nSPS) is 25.6. The maximum atomic E-state index is 12.4. The summed E-state index contributed by atoms with van der Waals surface area (Å²) in [6.07, 6.45) is 4.58. The second-order valence-electron chi connectivity index (χ2n) is 7.07. The number of carbonyl (C=O) groups is 1. The molecule has 2 fully saturated rings. The van der Waals surface area contributed by atoms with Gasteiger partial charge in [0.2, 0.25) is 0 Å². The highest BCUT2D eigenvalue weighted by Gasteiger charge is 2.38. The fraction of sp³-hybridized carbons (Fsp3) is 0.556. The largest absolute Gasteiger partial charge is 0.423 e. The molecular formula is C18H24N4O3. The summed E-state index contributed by atoms with van der Waals surface area (Å²) in [6, 6.07) is 6.05. The summed E-state index contributed by atoms with van der Waals surface area (Å²) in [7, 11) is 3.75. The Morgan fingerprint density at radius 2 is 2.16 bits per heavy atom. The molecule has 0 radical (unpaired) electrons. The van der Waals surface area contributed by atoms with E-state index in [1.807, 2.05) is 37.2 Å². The van der Waals surface area contributed by atoms with Gasteiger partial charge in [0.05, 0.1) is 6.10 Å². The van der Waals surface area contributed by atoms with Gasteiger partial charge in [0.25, 0.3) is 6.01 Å². The molecule has 7 heteroatoms. The molecule has 2 amide bonds.